The van der Waals surface area contributed by atoms with Gasteiger partial charge in [-0.15, -0.1) is 0 Å². The standard InChI is InChI=1S/C13H19O3/c1-2-3-4-7-10-16-13(15)11-8-5-6-9-12(11)14/h6,8-9,14H,2-5,7,10H2,1H3. The van der Waals surface area contributed by atoms with Gasteiger partial charge in [0.15, 0.2) is 0 Å². The van der Waals surface area contributed by atoms with Crippen LogP contribution in [0.1, 0.15) is 39.0 Å². The first kappa shape index (κ1) is 12.8. The van der Waals surface area contributed by atoms with Gasteiger partial charge in [0.1, 0.15) is 5.76 Å². The number of allylic oxidation sites excluding steroid dienone is 2. The minimum absolute atomic E-state index is 0.00445. The van der Waals surface area contributed by atoms with E-state index >= 15 is 0 Å². The monoisotopic (exact) mass is 223 g/mol. The maximum absolute atomic E-state index is 11.5. The number of aliphatic hydroxyl groups is 1. The summed E-state index contributed by atoms with van der Waals surface area (Å²) < 4.78 is 5.08. The number of carbonyl (C=O) groups excluding carboxylic acids is 1. The summed E-state index contributed by atoms with van der Waals surface area (Å²) in [5, 5.41) is 9.44. The Hall–Kier alpha value is -1.25. The zero-order valence-electron chi connectivity index (χ0n) is 9.74. The number of unbranched alkanes of at least 4 members (excludes halogenated alkanes) is 3. The lowest BCUT2D eigenvalue weighted by atomic mass is 10.0. The SMILES string of the molecule is CCCCCCOC(=O)C1=C(O)C=CC[CH]1. The number of ether oxygens (including phenoxy) is 1. The van der Waals surface area contributed by atoms with Crippen molar-refractivity contribution in [3.8, 4) is 0 Å². The normalized spacial score (nSPS) is 15.3. The zero-order chi connectivity index (χ0) is 11.8. The maximum Gasteiger partial charge on any atom is 0.338 e. The average Bonchev–Trinajstić information content (AvgIpc) is 2.29. The molecule has 0 saturated heterocycles. The molecule has 0 atom stereocenters. The van der Waals surface area contributed by atoms with Gasteiger partial charge < -0.3 is 9.84 Å². The van der Waals surface area contributed by atoms with Gasteiger partial charge in [0.05, 0.1) is 12.2 Å². The van der Waals surface area contributed by atoms with Crippen LogP contribution in [0, 0.1) is 6.42 Å². The van der Waals surface area contributed by atoms with Gasteiger partial charge in [0.2, 0.25) is 0 Å². The molecule has 89 valence electrons. The molecule has 1 aliphatic carbocycles. The van der Waals surface area contributed by atoms with E-state index in [1.165, 1.54) is 18.9 Å². The third-order valence-corrected chi connectivity index (χ3v) is 2.46. The van der Waals surface area contributed by atoms with Crippen molar-refractivity contribution in [1.82, 2.24) is 0 Å². The minimum Gasteiger partial charge on any atom is -0.507 e. The van der Waals surface area contributed by atoms with E-state index < -0.39 is 5.97 Å². The Kier molecular flexibility index (Phi) is 5.68. The summed E-state index contributed by atoms with van der Waals surface area (Å²) in [6.45, 7) is 2.57. The van der Waals surface area contributed by atoms with Gasteiger partial charge in [-0.3, -0.25) is 0 Å². The minimum atomic E-state index is -0.418. The lowest BCUT2D eigenvalue weighted by molar-refractivity contribution is -0.139. The highest BCUT2D eigenvalue weighted by Crippen LogP contribution is 2.17. The summed E-state index contributed by atoms with van der Waals surface area (Å²) in [5.41, 5.74) is 0.290. The molecule has 0 saturated carbocycles. The second-order valence-electron chi connectivity index (χ2n) is 3.84. The van der Waals surface area contributed by atoms with Crippen molar-refractivity contribution in [2.24, 2.45) is 0 Å². The summed E-state index contributed by atoms with van der Waals surface area (Å²) >= 11 is 0. The molecule has 0 aliphatic heterocycles. The van der Waals surface area contributed by atoms with Crippen molar-refractivity contribution >= 4 is 5.97 Å². The van der Waals surface area contributed by atoms with Crippen LogP contribution in [0.3, 0.4) is 0 Å². The summed E-state index contributed by atoms with van der Waals surface area (Å²) in [4.78, 5) is 11.5. The van der Waals surface area contributed by atoms with Crippen LogP contribution < -0.4 is 0 Å². The largest absolute Gasteiger partial charge is 0.507 e. The van der Waals surface area contributed by atoms with Gasteiger partial charge in [0.25, 0.3) is 0 Å². The third kappa shape index (κ3) is 4.09. The molecule has 0 aromatic heterocycles. The van der Waals surface area contributed by atoms with Crippen LogP contribution in [0.15, 0.2) is 23.5 Å². The highest BCUT2D eigenvalue weighted by Gasteiger charge is 2.17. The molecule has 1 radical (unpaired) electrons. The first-order valence-corrected chi connectivity index (χ1v) is 5.85. The Labute approximate surface area is 96.8 Å². The Morgan fingerprint density at radius 3 is 2.94 bits per heavy atom. The fourth-order valence-electron chi connectivity index (χ4n) is 1.52. The molecule has 3 nitrogen and oxygen atoms in total. The van der Waals surface area contributed by atoms with Gasteiger partial charge in [-0.2, -0.15) is 0 Å². The van der Waals surface area contributed by atoms with Crippen LogP contribution >= 0.6 is 0 Å². The van der Waals surface area contributed by atoms with Crippen LogP contribution in [-0.4, -0.2) is 17.7 Å². The second-order valence-corrected chi connectivity index (χ2v) is 3.84. The van der Waals surface area contributed by atoms with Crippen molar-refractivity contribution < 1.29 is 14.6 Å². The van der Waals surface area contributed by atoms with Gasteiger partial charge in [0, 0.05) is 6.42 Å². The Bertz CT molecular complexity index is 290. The number of carbonyl (C=O) groups is 1. The van der Waals surface area contributed by atoms with Crippen molar-refractivity contribution in [2.75, 3.05) is 6.61 Å². The van der Waals surface area contributed by atoms with E-state index in [1.54, 1.807) is 12.5 Å². The van der Waals surface area contributed by atoms with E-state index in [0.717, 1.165) is 12.8 Å². The predicted octanol–water partition coefficient (Wildman–Crippen LogP) is 3.09. The van der Waals surface area contributed by atoms with Gasteiger partial charge in [-0.05, 0) is 18.9 Å². The van der Waals surface area contributed by atoms with Crippen LogP contribution in [0.2, 0.25) is 0 Å². The number of hydrogen-bond acceptors (Lipinski definition) is 3. The molecule has 0 aromatic rings. The van der Waals surface area contributed by atoms with Crippen molar-refractivity contribution in [1.29, 1.82) is 0 Å². The molecular weight excluding hydrogens is 204 g/mol. The molecule has 0 fully saturated rings. The van der Waals surface area contributed by atoms with Crippen molar-refractivity contribution in [3.63, 3.8) is 0 Å². The summed E-state index contributed by atoms with van der Waals surface area (Å²) in [6, 6.07) is 0. The topological polar surface area (TPSA) is 46.5 Å². The first-order chi connectivity index (χ1) is 7.75. The summed E-state index contributed by atoms with van der Waals surface area (Å²) in [5.74, 6) is -0.414. The quantitative estimate of drug-likeness (QED) is 0.556. The molecule has 1 aliphatic rings. The van der Waals surface area contributed by atoms with Crippen LogP contribution in [0.25, 0.3) is 0 Å². The van der Waals surface area contributed by atoms with E-state index in [1.807, 2.05) is 0 Å². The summed E-state index contributed by atoms with van der Waals surface area (Å²) in [7, 11) is 0. The molecular formula is C13H19O3. The van der Waals surface area contributed by atoms with E-state index in [9.17, 15) is 9.90 Å². The van der Waals surface area contributed by atoms with Gasteiger partial charge in [-0.1, -0.05) is 32.3 Å². The van der Waals surface area contributed by atoms with Gasteiger partial charge >= 0.3 is 5.97 Å². The van der Waals surface area contributed by atoms with E-state index in [2.05, 4.69) is 6.92 Å². The van der Waals surface area contributed by atoms with Crippen molar-refractivity contribution in [3.05, 3.63) is 29.9 Å². The molecule has 16 heavy (non-hydrogen) atoms. The van der Waals surface area contributed by atoms with Crippen LogP contribution in [0.4, 0.5) is 0 Å². The third-order valence-electron chi connectivity index (χ3n) is 2.46. The lowest BCUT2D eigenvalue weighted by Crippen LogP contribution is -2.12. The number of rotatable bonds is 6. The second kappa shape index (κ2) is 7.09. The van der Waals surface area contributed by atoms with E-state index in [0.29, 0.717) is 13.0 Å². The van der Waals surface area contributed by atoms with Crippen molar-refractivity contribution in [2.45, 2.75) is 39.0 Å². The lowest BCUT2D eigenvalue weighted by Gasteiger charge is -2.10. The Morgan fingerprint density at radius 2 is 2.25 bits per heavy atom. The number of esters is 1. The highest BCUT2D eigenvalue weighted by atomic mass is 16.5. The fraction of sp³-hybridized carbons (Fsp3) is 0.538. The molecule has 0 amide bonds. The Morgan fingerprint density at radius 1 is 1.44 bits per heavy atom. The number of aliphatic hydroxyl groups excluding tert-OH is 1. The Balaban J connectivity index is 2.27. The predicted molar refractivity (Wildman–Crippen MR) is 62.8 cm³/mol. The molecule has 0 unspecified atom stereocenters. The molecule has 1 N–H and O–H groups in total. The molecule has 0 aromatic carbocycles. The highest BCUT2D eigenvalue weighted by molar-refractivity contribution is 5.92. The summed E-state index contributed by atoms with van der Waals surface area (Å²) in [6.07, 6.45) is 10.00. The smallest absolute Gasteiger partial charge is 0.338 e. The first-order valence-electron chi connectivity index (χ1n) is 5.85. The van der Waals surface area contributed by atoms with Crippen LogP contribution in [-0.2, 0) is 9.53 Å². The molecule has 0 spiro atoms. The zero-order valence-corrected chi connectivity index (χ0v) is 9.74. The number of hydrogen-bond donors (Lipinski definition) is 1. The molecule has 1 rings (SSSR count). The maximum atomic E-state index is 11.5. The van der Waals surface area contributed by atoms with E-state index in [-0.39, 0.29) is 11.3 Å². The fourth-order valence-corrected chi connectivity index (χ4v) is 1.52. The van der Waals surface area contributed by atoms with E-state index in [4.69, 9.17) is 4.74 Å². The average molecular weight is 223 g/mol. The van der Waals surface area contributed by atoms with Gasteiger partial charge in [-0.25, -0.2) is 4.79 Å². The molecule has 3 heteroatoms. The molecule has 0 heterocycles. The van der Waals surface area contributed by atoms with Crippen LogP contribution in [0.5, 0.6) is 0 Å². The molecule has 0 bridgehead atoms.